The maximum Gasteiger partial charge on any atom is 0.242 e. The topological polar surface area (TPSA) is 79.5 Å². The number of hydrogen-bond donors (Lipinski definition) is 2. The Morgan fingerprint density at radius 3 is 2.53 bits per heavy atom. The van der Waals surface area contributed by atoms with E-state index in [0.717, 1.165) is 25.9 Å². The monoisotopic (exact) mass is 307 g/mol. The second-order valence-corrected chi connectivity index (χ2v) is 4.29. The van der Waals surface area contributed by atoms with Crippen LogP contribution >= 0.6 is 24.8 Å². The first-order valence-corrected chi connectivity index (χ1v) is 5.82. The van der Waals surface area contributed by atoms with Crippen LogP contribution in [0.25, 0.3) is 0 Å². The summed E-state index contributed by atoms with van der Waals surface area (Å²) in [6.07, 6.45) is 4.19. The van der Waals surface area contributed by atoms with Gasteiger partial charge >= 0.3 is 0 Å². The minimum atomic E-state index is -0.989. The standard InChI is InChI=1S/C12H17N3O2.2ClH/c13-10(12(17)15-6-1-2-7-15)11(16)9-4-3-5-14-8-9;;/h3-5,8,10-11,16H,1-2,6-7,13H2;2*1H. The number of amides is 1. The molecule has 3 N–H and O–H groups in total. The highest BCUT2D eigenvalue weighted by atomic mass is 35.5. The van der Waals surface area contributed by atoms with Crippen LogP contribution in [0, 0.1) is 0 Å². The van der Waals surface area contributed by atoms with Gasteiger partial charge in [0.05, 0.1) is 0 Å². The highest BCUT2D eigenvalue weighted by Crippen LogP contribution is 2.17. The van der Waals surface area contributed by atoms with Gasteiger partial charge in [0.25, 0.3) is 0 Å². The van der Waals surface area contributed by atoms with Gasteiger partial charge in [0.1, 0.15) is 12.1 Å². The third kappa shape index (κ3) is 4.31. The van der Waals surface area contributed by atoms with Crippen LogP contribution in [0.1, 0.15) is 24.5 Å². The molecule has 0 aliphatic carbocycles. The Morgan fingerprint density at radius 2 is 2.00 bits per heavy atom. The zero-order valence-electron chi connectivity index (χ0n) is 10.4. The van der Waals surface area contributed by atoms with E-state index in [1.165, 1.54) is 6.20 Å². The fourth-order valence-electron chi connectivity index (χ4n) is 2.04. The van der Waals surface area contributed by atoms with Crippen LogP contribution in [0.3, 0.4) is 0 Å². The molecule has 0 bridgehead atoms. The van der Waals surface area contributed by atoms with E-state index in [1.807, 2.05) is 0 Å². The van der Waals surface area contributed by atoms with Crippen molar-refractivity contribution in [3.8, 4) is 0 Å². The van der Waals surface area contributed by atoms with Crippen LogP contribution in [-0.4, -0.2) is 40.0 Å². The van der Waals surface area contributed by atoms with Gasteiger partial charge < -0.3 is 15.7 Å². The Hall–Kier alpha value is -0.880. The molecule has 1 amide bonds. The van der Waals surface area contributed by atoms with Gasteiger partial charge in [-0.15, -0.1) is 24.8 Å². The van der Waals surface area contributed by atoms with E-state index in [9.17, 15) is 9.90 Å². The first kappa shape index (κ1) is 18.1. The normalized spacial score (nSPS) is 17.1. The van der Waals surface area contributed by atoms with Crippen LogP contribution < -0.4 is 5.73 Å². The zero-order valence-corrected chi connectivity index (χ0v) is 12.1. The first-order chi connectivity index (χ1) is 8.20. The third-order valence-electron chi connectivity index (χ3n) is 3.07. The molecule has 1 saturated heterocycles. The predicted molar refractivity (Wildman–Crippen MR) is 77.5 cm³/mol. The minimum Gasteiger partial charge on any atom is -0.386 e. The van der Waals surface area contributed by atoms with Gasteiger partial charge in [-0.05, 0) is 18.9 Å². The van der Waals surface area contributed by atoms with Crippen LogP contribution in [0.15, 0.2) is 24.5 Å². The number of nitrogens with zero attached hydrogens (tertiary/aromatic N) is 2. The van der Waals surface area contributed by atoms with Crippen LogP contribution in [0.4, 0.5) is 0 Å². The van der Waals surface area contributed by atoms with Crippen LogP contribution in [-0.2, 0) is 4.79 Å². The number of hydrogen-bond acceptors (Lipinski definition) is 4. The van der Waals surface area contributed by atoms with Crippen LogP contribution in [0.5, 0.6) is 0 Å². The SMILES string of the molecule is Cl.Cl.NC(C(=O)N1CCCC1)C(O)c1cccnc1. The first-order valence-electron chi connectivity index (χ1n) is 5.82. The van der Waals surface area contributed by atoms with Crippen molar-refractivity contribution in [1.29, 1.82) is 0 Å². The lowest BCUT2D eigenvalue weighted by Gasteiger charge is -2.23. The molecule has 1 aliphatic heterocycles. The maximum absolute atomic E-state index is 12.0. The summed E-state index contributed by atoms with van der Waals surface area (Å²) >= 11 is 0. The largest absolute Gasteiger partial charge is 0.386 e. The van der Waals surface area contributed by atoms with Gasteiger partial charge in [-0.1, -0.05) is 6.07 Å². The smallest absolute Gasteiger partial charge is 0.242 e. The predicted octanol–water partition coefficient (Wildman–Crippen LogP) is 0.908. The molecule has 1 aliphatic rings. The number of rotatable bonds is 3. The Kier molecular flexibility index (Phi) is 7.94. The Balaban J connectivity index is 0.00000162. The summed E-state index contributed by atoms with van der Waals surface area (Å²) < 4.78 is 0. The molecule has 0 radical (unpaired) electrons. The molecule has 1 aromatic heterocycles. The molecule has 7 heteroatoms. The van der Waals surface area contributed by atoms with E-state index in [2.05, 4.69) is 4.98 Å². The number of carbonyl (C=O) groups is 1. The number of aromatic nitrogens is 1. The molecule has 5 nitrogen and oxygen atoms in total. The summed E-state index contributed by atoms with van der Waals surface area (Å²) in [6.45, 7) is 1.48. The number of carbonyl (C=O) groups excluding carboxylic acids is 1. The zero-order chi connectivity index (χ0) is 12.3. The van der Waals surface area contributed by atoms with Crippen molar-refractivity contribution in [1.82, 2.24) is 9.88 Å². The fourth-order valence-corrected chi connectivity index (χ4v) is 2.04. The van der Waals surface area contributed by atoms with Crippen molar-refractivity contribution in [3.05, 3.63) is 30.1 Å². The van der Waals surface area contributed by atoms with Crippen molar-refractivity contribution in [3.63, 3.8) is 0 Å². The van der Waals surface area contributed by atoms with Gasteiger partial charge in [0, 0.05) is 31.0 Å². The van der Waals surface area contributed by atoms with E-state index in [-0.39, 0.29) is 30.7 Å². The van der Waals surface area contributed by atoms with E-state index in [4.69, 9.17) is 5.73 Å². The van der Waals surface area contributed by atoms with Gasteiger partial charge in [-0.25, -0.2) is 0 Å². The van der Waals surface area contributed by atoms with Crippen molar-refractivity contribution < 1.29 is 9.90 Å². The number of halogens is 2. The van der Waals surface area contributed by atoms with Gasteiger partial charge in [0.15, 0.2) is 0 Å². The number of likely N-dealkylation sites (tertiary alicyclic amines) is 1. The molecule has 1 fully saturated rings. The summed E-state index contributed by atoms with van der Waals surface area (Å²) in [4.78, 5) is 17.6. The number of nitrogens with two attached hydrogens (primary N) is 1. The molecule has 2 atom stereocenters. The molecule has 0 spiro atoms. The second-order valence-electron chi connectivity index (χ2n) is 4.29. The summed E-state index contributed by atoms with van der Waals surface area (Å²) in [5.41, 5.74) is 6.38. The lowest BCUT2D eigenvalue weighted by molar-refractivity contribution is -0.134. The van der Waals surface area contributed by atoms with Gasteiger partial charge in [-0.2, -0.15) is 0 Å². The Labute approximate surface area is 125 Å². The number of aliphatic hydroxyl groups is 1. The van der Waals surface area contributed by atoms with Crippen molar-refractivity contribution in [2.75, 3.05) is 13.1 Å². The summed E-state index contributed by atoms with van der Waals surface area (Å²) in [7, 11) is 0. The second kappa shape index (κ2) is 8.32. The number of pyridine rings is 1. The van der Waals surface area contributed by atoms with Gasteiger partial charge in [-0.3, -0.25) is 9.78 Å². The highest BCUT2D eigenvalue weighted by molar-refractivity contribution is 5.85. The molecule has 19 heavy (non-hydrogen) atoms. The van der Waals surface area contributed by atoms with E-state index >= 15 is 0 Å². The summed E-state index contributed by atoms with van der Waals surface area (Å²) in [5, 5.41) is 10.0. The van der Waals surface area contributed by atoms with Gasteiger partial charge in [0.2, 0.25) is 5.91 Å². The summed E-state index contributed by atoms with van der Waals surface area (Å²) in [6, 6.07) is 2.53. The van der Waals surface area contributed by atoms with E-state index in [1.54, 1.807) is 23.2 Å². The molecule has 2 rings (SSSR count). The lowest BCUT2D eigenvalue weighted by atomic mass is 10.0. The molecule has 108 valence electrons. The number of aliphatic hydroxyl groups excluding tert-OH is 1. The minimum absolute atomic E-state index is 0. The average molecular weight is 308 g/mol. The van der Waals surface area contributed by atoms with Crippen molar-refractivity contribution in [2.45, 2.75) is 25.0 Å². The molecule has 0 aromatic carbocycles. The van der Waals surface area contributed by atoms with E-state index < -0.39 is 12.1 Å². The molecule has 2 heterocycles. The molecular formula is C12H19Cl2N3O2. The Morgan fingerprint density at radius 1 is 1.37 bits per heavy atom. The quantitative estimate of drug-likeness (QED) is 0.870. The average Bonchev–Trinajstić information content (AvgIpc) is 2.91. The Bertz CT molecular complexity index is 386. The van der Waals surface area contributed by atoms with E-state index in [0.29, 0.717) is 5.56 Å². The van der Waals surface area contributed by atoms with Crippen molar-refractivity contribution in [2.24, 2.45) is 5.73 Å². The van der Waals surface area contributed by atoms with Crippen molar-refractivity contribution >= 4 is 30.7 Å². The fraction of sp³-hybridized carbons (Fsp3) is 0.500. The highest BCUT2D eigenvalue weighted by Gasteiger charge is 2.29. The third-order valence-corrected chi connectivity index (χ3v) is 3.07. The molecule has 0 saturated carbocycles. The van der Waals surface area contributed by atoms with Crippen LogP contribution in [0.2, 0.25) is 0 Å². The molecule has 2 unspecified atom stereocenters. The summed E-state index contributed by atoms with van der Waals surface area (Å²) in [5.74, 6) is -0.182. The lowest BCUT2D eigenvalue weighted by Crippen LogP contribution is -2.45. The maximum atomic E-state index is 12.0. The molecular weight excluding hydrogens is 289 g/mol. The molecule has 1 aromatic rings.